The third-order valence-electron chi connectivity index (χ3n) is 3.16. The van der Waals surface area contributed by atoms with Gasteiger partial charge in [0.1, 0.15) is 0 Å². The molecule has 2 unspecified atom stereocenters. The molecule has 2 atom stereocenters. The third-order valence-corrected chi connectivity index (χ3v) is 3.16. The predicted molar refractivity (Wildman–Crippen MR) is 68.9 cm³/mol. The molecular formula is C13H16N2O4. The minimum Gasteiger partial charge on any atom is -0.479 e. The van der Waals surface area contributed by atoms with Crippen LogP contribution in [0.1, 0.15) is 17.9 Å². The molecule has 19 heavy (non-hydrogen) atoms. The van der Waals surface area contributed by atoms with E-state index in [2.05, 4.69) is 10.6 Å². The van der Waals surface area contributed by atoms with E-state index in [1.807, 2.05) is 24.3 Å². The largest absolute Gasteiger partial charge is 0.479 e. The van der Waals surface area contributed by atoms with E-state index in [1.165, 1.54) is 0 Å². The highest BCUT2D eigenvalue weighted by molar-refractivity contribution is 5.86. The number of hydrogen-bond acceptors (Lipinski definition) is 4. The van der Waals surface area contributed by atoms with E-state index in [0.29, 0.717) is 13.0 Å². The number of rotatable bonds is 4. The van der Waals surface area contributed by atoms with Crippen LogP contribution in [0.25, 0.3) is 0 Å². The fraction of sp³-hybridized carbons (Fsp3) is 0.385. The van der Waals surface area contributed by atoms with E-state index in [9.17, 15) is 9.59 Å². The molecule has 0 spiro atoms. The molecule has 6 nitrogen and oxygen atoms in total. The first-order valence-electron chi connectivity index (χ1n) is 6.11. The summed E-state index contributed by atoms with van der Waals surface area (Å²) in [5.74, 6) is -1.90. The van der Waals surface area contributed by atoms with E-state index in [4.69, 9.17) is 10.2 Å². The highest BCUT2D eigenvalue weighted by atomic mass is 16.4. The first-order valence-corrected chi connectivity index (χ1v) is 6.11. The van der Waals surface area contributed by atoms with Crippen molar-refractivity contribution in [3.63, 3.8) is 0 Å². The number of aliphatic hydroxyl groups is 1. The van der Waals surface area contributed by atoms with Crippen molar-refractivity contribution >= 4 is 17.6 Å². The van der Waals surface area contributed by atoms with E-state index < -0.39 is 12.1 Å². The van der Waals surface area contributed by atoms with Crippen LogP contribution in [0, 0.1) is 0 Å². The van der Waals surface area contributed by atoms with Crippen LogP contribution in [-0.2, 0) is 9.59 Å². The number of nitrogens with one attached hydrogen (secondary N) is 2. The number of carboxylic acid groups (broad SMARTS) is 1. The minimum atomic E-state index is -1.57. The Morgan fingerprint density at radius 3 is 2.89 bits per heavy atom. The zero-order valence-electron chi connectivity index (χ0n) is 10.3. The quantitative estimate of drug-likeness (QED) is 0.620. The Kier molecular flexibility index (Phi) is 4.01. The van der Waals surface area contributed by atoms with E-state index in [-0.39, 0.29) is 18.4 Å². The maximum Gasteiger partial charge on any atom is 0.334 e. The van der Waals surface area contributed by atoms with Gasteiger partial charge >= 0.3 is 5.97 Å². The molecule has 0 radical (unpaired) electrons. The van der Waals surface area contributed by atoms with Crippen molar-refractivity contribution < 1.29 is 19.8 Å². The number of benzene rings is 1. The third kappa shape index (κ3) is 3.03. The average Bonchev–Trinajstić information content (AvgIpc) is 2.43. The fourth-order valence-electron chi connectivity index (χ4n) is 2.15. The number of carbonyl (C=O) groups is 2. The Hall–Kier alpha value is -2.08. The van der Waals surface area contributed by atoms with Gasteiger partial charge < -0.3 is 20.8 Å². The molecule has 0 saturated heterocycles. The van der Waals surface area contributed by atoms with Crippen LogP contribution in [0.3, 0.4) is 0 Å². The van der Waals surface area contributed by atoms with Gasteiger partial charge in [-0.15, -0.1) is 0 Å². The number of amides is 1. The summed E-state index contributed by atoms with van der Waals surface area (Å²) in [6, 6.07) is 7.53. The summed E-state index contributed by atoms with van der Waals surface area (Å²) in [6.07, 6.45) is -0.924. The van der Waals surface area contributed by atoms with Gasteiger partial charge in [-0.3, -0.25) is 4.79 Å². The molecule has 0 saturated carbocycles. The number of fused-ring (bicyclic) bond motifs is 1. The van der Waals surface area contributed by atoms with Crippen LogP contribution < -0.4 is 10.6 Å². The van der Waals surface area contributed by atoms with Gasteiger partial charge in [0.05, 0.1) is 12.5 Å². The second kappa shape index (κ2) is 5.71. The summed E-state index contributed by atoms with van der Waals surface area (Å²) in [6.45, 7) is 0.414. The van der Waals surface area contributed by atoms with Gasteiger partial charge in [-0.25, -0.2) is 4.79 Å². The molecule has 6 heteroatoms. The number of aliphatic hydroxyl groups excluding tert-OH is 1. The van der Waals surface area contributed by atoms with Crippen molar-refractivity contribution in [3.05, 3.63) is 29.8 Å². The lowest BCUT2D eigenvalue weighted by atomic mass is 9.90. The molecule has 1 aliphatic rings. The van der Waals surface area contributed by atoms with Gasteiger partial charge in [0.25, 0.3) is 0 Å². The summed E-state index contributed by atoms with van der Waals surface area (Å²) in [4.78, 5) is 22.5. The van der Waals surface area contributed by atoms with Crippen LogP contribution in [0.4, 0.5) is 5.69 Å². The summed E-state index contributed by atoms with van der Waals surface area (Å²) in [5.41, 5.74) is 1.82. The Morgan fingerprint density at radius 2 is 2.16 bits per heavy atom. The monoisotopic (exact) mass is 264 g/mol. The van der Waals surface area contributed by atoms with Crippen LogP contribution in [-0.4, -0.2) is 41.3 Å². The maximum atomic E-state index is 12.0. The van der Waals surface area contributed by atoms with Crippen LogP contribution in [0.2, 0.25) is 0 Å². The molecule has 0 aromatic heterocycles. The Morgan fingerprint density at radius 1 is 1.42 bits per heavy atom. The van der Waals surface area contributed by atoms with Crippen LogP contribution in [0.15, 0.2) is 24.3 Å². The summed E-state index contributed by atoms with van der Waals surface area (Å²) < 4.78 is 0. The molecule has 0 aliphatic carbocycles. The van der Waals surface area contributed by atoms with Gasteiger partial charge in [0.15, 0.2) is 6.10 Å². The Bertz CT molecular complexity index is 489. The van der Waals surface area contributed by atoms with Crippen molar-refractivity contribution in [3.8, 4) is 0 Å². The zero-order chi connectivity index (χ0) is 13.8. The SMILES string of the molecule is O=C(O)C(O)CNC(=O)C1CCNc2ccccc21. The molecule has 0 bridgehead atoms. The van der Waals surface area contributed by atoms with E-state index in [0.717, 1.165) is 11.3 Å². The van der Waals surface area contributed by atoms with Crippen molar-refractivity contribution in [2.45, 2.75) is 18.4 Å². The lowest BCUT2D eigenvalue weighted by molar-refractivity contribution is -0.146. The molecule has 1 aliphatic heterocycles. The second-order valence-electron chi connectivity index (χ2n) is 4.45. The second-order valence-corrected chi connectivity index (χ2v) is 4.45. The zero-order valence-corrected chi connectivity index (χ0v) is 10.3. The average molecular weight is 264 g/mol. The number of anilines is 1. The smallest absolute Gasteiger partial charge is 0.334 e. The molecule has 2 rings (SSSR count). The number of hydrogen-bond donors (Lipinski definition) is 4. The normalized spacial score (nSPS) is 18.9. The number of carbonyl (C=O) groups excluding carboxylic acids is 1. The van der Waals surface area contributed by atoms with Gasteiger partial charge in [-0.2, -0.15) is 0 Å². The highest BCUT2D eigenvalue weighted by Gasteiger charge is 2.26. The van der Waals surface area contributed by atoms with Gasteiger partial charge in [-0.1, -0.05) is 18.2 Å². The molecule has 4 N–H and O–H groups in total. The molecule has 1 heterocycles. The number of aliphatic carboxylic acids is 1. The van der Waals surface area contributed by atoms with Crippen molar-refractivity contribution in [2.75, 3.05) is 18.4 Å². The molecule has 102 valence electrons. The van der Waals surface area contributed by atoms with Gasteiger partial charge in [-0.05, 0) is 18.1 Å². The van der Waals surface area contributed by atoms with Crippen molar-refractivity contribution in [1.82, 2.24) is 5.32 Å². The standard InChI is InChI=1S/C13H16N2O4/c16-11(13(18)19)7-15-12(17)9-5-6-14-10-4-2-1-3-8(9)10/h1-4,9,11,14,16H,5-7H2,(H,15,17)(H,18,19). The molecule has 1 aromatic rings. The maximum absolute atomic E-state index is 12.0. The van der Waals surface area contributed by atoms with E-state index in [1.54, 1.807) is 0 Å². The van der Waals surface area contributed by atoms with E-state index >= 15 is 0 Å². The van der Waals surface area contributed by atoms with Crippen molar-refractivity contribution in [2.24, 2.45) is 0 Å². The predicted octanol–water partition coefficient (Wildman–Crippen LogP) is 0.148. The minimum absolute atomic E-state index is 0.255. The topological polar surface area (TPSA) is 98.7 Å². The molecule has 1 aromatic carbocycles. The van der Waals surface area contributed by atoms with Crippen molar-refractivity contribution in [1.29, 1.82) is 0 Å². The molecule has 0 fully saturated rings. The van der Waals surface area contributed by atoms with Crippen LogP contribution in [0.5, 0.6) is 0 Å². The first-order chi connectivity index (χ1) is 9.09. The van der Waals surface area contributed by atoms with Gasteiger partial charge in [0.2, 0.25) is 5.91 Å². The summed E-state index contributed by atoms with van der Waals surface area (Å²) in [7, 11) is 0. The number of carboxylic acids is 1. The Balaban J connectivity index is 2.03. The molecule has 1 amide bonds. The van der Waals surface area contributed by atoms with Crippen LogP contribution >= 0.6 is 0 Å². The first kappa shape index (κ1) is 13.4. The summed E-state index contributed by atoms with van der Waals surface area (Å²) >= 11 is 0. The fourth-order valence-corrected chi connectivity index (χ4v) is 2.15. The number of para-hydroxylation sites is 1. The van der Waals surface area contributed by atoms with Gasteiger partial charge in [0, 0.05) is 12.2 Å². The molecular weight excluding hydrogens is 248 g/mol. The lowest BCUT2D eigenvalue weighted by Gasteiger charge is -2.26. The summed E-state index contributed by atoms with van der Waals surface area (Å²) in [5, 5.41) is 23.4. The Labute approximate surface area is 110 Å². The highest BCUT2D eigenvalue weighted by Crippen LogP contribution is 2.31. The lowest BCUT2D eigenvalue weighted by Crippen LogP contribution is -2.40.